The number of pyridine rings is 1. The van der Waals surface area contributed by atoms with Crippen molar-refractivity contribution in [2.75, 3.05) is 4.90 Å². The largest absolute Gasteiger partial charge is 0.427 e. The van der Waals surface area contributed by atoms with E-state index in [-0.39, 0.29) is 29.3 Å². The van der Waals surface area contributed by atoms with Crippen LogP contribution in [0.25, 0.3) is 0 Å². The Balaban J connectivity index is 1.69. The van der Waals surface area contributed by atoms with Gasteiger partial charge in [-0.25, -0.2) is 17.7 Å². The number of imide groups is 1. The SMILES string of the molecule is CC(=O)Oc1ccc(N2C(=O)CC(N(Cc3cccnc3)S(=O)(=O)c3ccc(F)cc3)C2=O)cc1. The number of benzene rings is 2. The smallest absolute Gasteiger partial charge is 0.308 e. The van der Waals surface area contributed by atoms with Crippen molar-refractivity contribution in [3.63, 3.8) is 0 Å². The zero-order chi connectivity index (χ0) is 25.2. The third-order valence-corrected chi connectivity index (χ3v) is 7.18. The van der Waals surface area contributed by atoms with Gasteiger partial charge in [-0.1, -0.05) is 6.07 Å². The van der Waals surface area contributed by atoms with Crippen molar-refractivity contribution in [2.45, 2.75) is 30.8 Å². The fourth-order valence-corrected chi connectivity index (χ4v) is 5.29. The van der Waals surface area contributed by atoms with Crippen LogP contribution in [0.2, 0.25) is 0 Å². The molecule has 1 aliphatic rings. The number of anilines is 1. The number of hydrogen-bond donors (Lipinski definition) is 0. The van der Waals surface area contributed by atoms with E-state index in [9.17, 15) is 27.2 Å². The van der Waals surface area contributed by atoms with Crippen molar-refractivity contribution in [1.82, 2.24) is 9.29 Å². The first-order valence-corrected chi connectivity index (χ1v) is 11.9. The summed E-state index contributed by atoms with van der Waals surface area (Å²) in [4.78, 5) is 42.0. The molecule has 1 aliphatic heterocycles. The summed E-state index contributed by atoms with van der Waals surface area (Å²) in [7, 11) is -4.30. The molecule has 2 heterocycles. The van der Waals surface area contributed by atoms with Gasteiger partial charge in [0.1, 0.15) is 17.6 Å². The molecule has 2 amide bonds. The van der Waals surface area contributed by atoms with E-state index in [0.717, 1.165) is 33.5 Å². The fraction of sp³-hybridized carbons (Fsp3) is 0.167. The summed E-state index contributed by atoms with van der Waals surface area (Å²) in [6.07, 6.45) is 2.60. The number of aromatic nitrogens is 1. The number of halogens is 1. The van der Waals surface area contributed by atoms with Crippen LogP contribution < -0.4 is 9.64 Å². The van der Waals surface area contributed by atoms with Gasteiger partial charge in [0.2, 0.25) is 15.9 Å². The Morgan fingerprint density at radius 2 is 1.80 bits per heavy atom. The first-order chi connectivity index (χ1) is 16.7. The first kappa shape index (κ1) is 24.2. The molecule has 1 saturated heterocycles. The van der Waals surface area contributed by atoms with E-state index < -0.39 is 39.7 Å². The highest BCUT2D eigenvalue weighted by molar-refractivity contribution is 7.89. The molecule has 1 aromatic heterocycles. The molecule has 0 aliphatic carbocycles. The molecule has 4 rings (SSSR count). The van der Waals surface area contributed by atoms with Crippen LogP contribution >= 0.6 is 0 Å². The van der Waals surface area contributed by atoms with Gasteiger partial charge >= 0.3 is 5.97 Å². The quantitative estimate of drug-likeness (QED) is 0.280. The number of carbonyl (C=O) groups is 3. The first-order valence-electron chi connectivity index (χ1n) is 10.5. The lowest BCUT2D eigenvalue weighted by atomic mass is 10.2. The molecule has 0 saturated carbocycles. The molecular weight excluding hydrogens is 477 g/mol. The minimum Gasteiger partial charge on any atom is -0.427 e. The van der Waals surface area contributed by atoms with Crippen LogP contribution in [-0.4, -0.2) is 41.5 Å². The van der Waals surface area contributed by atoms with Crippen LogP contribution in [0.15, 0.2) is 78.0 Å². The van der Waals surface area contributed by atoms with E-state index in [1.807, 2.05) is 0 Å². The van der Waals surface area contributed by atoms with Gasteiger partial charge in [-0.05, 0) is 60.2 Å². The molecule has 1 fully saturated rings. The Morgan fingerprint density at radius 1 is 1.11 bits per heavy atom. The second kappa shape index (κ2) is 9.72. The van der Waals surface area contributed by atoms with E-state index in [1.165, 1.54) is 43.6 Å². The standard InChI is InChI=1S/C24H20FN3O6S/c1-16(29)34-20-8-6-19(7-9-20)28-23(30)13-22(24(28)31)27(15-17-3-2-12-26-14-17)35(32,33)21-10-4-18(25)5-11-21/h2-12,14,22H,13,15H2,1H3. The number of amides is 2. The average molecular weight is 498 g/mol. The number of ether oxygens (including phenoxy) is 1. The van der Waals surface area contributed by atoms with Crippen molar-refractivity contribution >= 4 is 33.5 Å². The van der Waals surface area contributed by atoms with Crippen LogP contribution in [-0.2, 0) is 31.0 Å². The number of nitrogens with zero attached hydrogens (tertiary/aromatic N) is 3. The van der Waals surface area contributed by atoms with Gasteiger partial charge in [0, 0.05) is 25.9 Å². The maximum absolute atomic E-state index is 13.5. The van der Waals surface area contributed by atoms with E-state index in [4.69, 9.17) is 4.74 Å². The lowest BCUT2D eigenvalue weighted by Gasteiger charge is -2.27. The lowest BCUT2D eigenvalue weighted by Crippen LogP contribution is -2.45. The molecule has 1 unspecified atom stereocenters. The molecule has 11 heteroatoms. The second-order valence-electron chi connectivity index (χ2n) is 7.74. The molecule has 0 radical (unpaired) electrons. The highest BCUT2D eigenvalue weighted by atomic mass is 32.2. The van der Waals surface area contributed by atoms with Crippen LogP contribution in [0, 0.1) is 5.82 Å². The van der Waals surface area contributed by atoms with Crippen molar-refractivity contribution in [3.8, 4) is 5.75 Å². The lowest BCUT2D eigenvalue weighted by molar-refractivity contribution is -0.132. The van der Waals surface area contributed by atoms with Gasteiger partial charge in [0.25, 0.3) is 5.91 Å². The minimum atomic E-state index is -4.30. The van der Waals surface area contributed by atoms with Crippen LogP contribution in [0.1, 0.15) is 18.9 Å². The highest BCUT2D eigenvalue weighted by Crippen LogP contribution is 2.31. The summed E-state index contributed by atoms with van der Waals surface area (Å²) in [5.74, 6) is -2.23. The normalized spacial score (nSPS) is 16.1. The van der Waals surface area contributed by atoms with Crippen LogP contribution in [0.5, 0.6) is 5.75 Å². The molecule has 3 aromatic rings. The maximum atomic E-state index is 13.5. The van der Waals surface area contributed by atoms with E-state index in [1.54, 1.807) is 12.1 Å². The number of rotatable bonds is 7. The van der Waals surface area contributed by atoms with Crippen molar-refractivity contribution in [3.05, 3.63) is 84.4 Å². The van der Waals surface area contributed by atoms with Gasteiger partial charge in [-0.15, -0.1) is 0 Å². The van der Waals surface area contributed by atoms with Gasteiger partial charge in [0.05, 0.1) is 17.0 Å². The third-order valence-electron chi connectivity index (χ3n) is 5.31. The molecule has 9 nitrogen and oxygen atoms in total. The second-order valence-corrected chi connectivity index (χ2v) is 9.63. The summed E-state index contributed by atoms with van der Waals surface area (Å²) >= 11 is 0. The highest BCUT2D eigenvalue weighted by Gasteiger charge is 2.47. The predicted molar refractivity (Wildman–Crippen MR) is 122 cm³/mol. The Morgan fingerprint density at radius 3 is 2.40 bits per heavy atom. The number of sulfonamides is 1. The Bertz CT molecular complexity index is 1360. The predicted octanol–water partition coefficient (Wildman–Crippen LogP) is 2.67. The monoisotopic (exact) mass is 497 g/mol. The van der Waals surface area contributed by atoms with E-state index in [0.29, 0.717) is 5.56 Å². The van der Waals surface area contributed by atoms with E-state index >= 15 is 0 Å². The molecule has 0 bridgehead atoms. The van der Waals surface area contributed by atoms with Gasteiger partial charge in [0.15, 0.2) is 0 Å². The zero-order valence-corrected chi connectivity index (χ0v) is 19.3. The molecule has 35 heavy (non-hydrogen) atoms. The molecule has 0 N–H and O–H groups in total. The van der Waals surface area contributed by atoms with E-state index in [2.05, 4.69) is 4.98 Å². The Labute approximate surface area is 200 Å². The number of esters is 1. The number of carbonyl (C=O) groups excluding carboxylic acids is 3. The van der Waals surface area contributed by atoms with Gasteiger partial charge in [-0.3, -0.25) is 19.4 Å². The zero-order valence-electron chi connectivity index (χ0n) is 18.5. The Kier molecular flexibility index (Phi) is 6.72. The summed E-state index contributed by atoms with van der Waals surface area (Å²) in [6.45, 7) is 1.01. The van der Waals surface area contributed by atoms with Crippen LogP contribution in [0.3, 0.4) is 0 Å². The maximum Gasteiger partial charge on any atom is 0.308 e. The van der Waals surface area contributed by atoms with Crippen molar-refractivity contribution < 1.29 is 31.9 Å². The third kappa shape index (κ3) is 5.10. The minimum absolute atomic E-state index is 0.207. The van der Waals surface area contributed by atoms with Crippen molar-refractivity contribution in [1.29, 1.82) is 0 Å². The summed E-state index contributed by atoms with van der Waals surface area (Å²) < 4.78 is 46.4. The molecule has 180 valence electrons. The average Bonchev–Trinajstić information content (AvgIpc) is 3.12. The molecule has 0 spiro atoms. The van der Waals surface area contributed by atoms with Crippen LogP contribution in [0.4, 0.5) is 10.1 Å². The summed E-state index contributed by atoms with van der Waals surface area (Å²) in [6, 6.07) is 11.9. The van der Waals surface area contributed by atoms with Gasteiger partial charge in [-0.2, -0.15) is 4.31 Å². The molecule has 2 aromatic carbocycles. The Hall–Kier alpha value is -3.96. The van der Waals surface area contributed by atoms with Crippen molar-refractivity contribution in [2.24, 2.45) is 0 Å². The molecular formula is C24H20FN3O6S. The van der Waals surface area contributed by atoms with Gasteiger partial charge < -0.3 is 4.74 Å². The number of hydrogen-bond acceptors (Lipinski definition) is 7. The fourth-order valence-electron chi connectivity index (χ4n) is 3.72. The topological polar surface area (TPSA) is 114 Å². The summed E-state index contributed by atoms with van der Waals surface area (Å²) in [5.41, 5.74) is 0.710. The summed E-state index contributed by atoms with van der Waals surface area (Å²) in [5, 5.41) is 0. The molecule has 1 atom stereocenters.